The number of halogens is 7. The van der Waals surface area contributed by atoms with Crippen molar-refractivity contribution in [1.29, 1.82) is 0 Å². The van der Waals surface area contributed by atoms with Crippen molar-refractivity contribution >= 4 is 21.2 Å². The molecule has 3 aromatic rings. The molecule has 0 saturated heterocycles. The lowest BCUT2D eigenvalue weighted by Crippen LogP contribution is -2.43. The first-order valence-electron chi connectivity index (χ1n) is 10.4. The Kier molecular flexibility index (Phi) is 6.36. The summed E-state index contributed by atoms with van der Waals surface area (Å²) in [6.07, 6.45) is -5.73. The fourth-order valence-corrected chi connectivity index (χ4v) is 4.48. The van der Waals surface area contributed by atoms with Crippen molar-refractivity contribution in [1.82, 2.24) is 0 Å². The van der Waals surface area contributed by atoms with Gasteiger partial charge in [0.15, 0.2) is 15.7 Å². The van der Waals surface area contributed by atoms with Crippen LogP contribution in [0.25, 0.3) is 11.1 Å². The van der Waals surface area contributed by atoms with Gasteiger partial charge in [-0.05, 0) is 41.0 Å². The summed E-state index contributed by atoms with van der Waals surface area (Å²) >= 11 is 0. The maximum atomic E-state index is 14.5. The predicted octanol–water partition coefficient (Wildman–Crippen LogP) is 6.54. The smallest absolute Gasteiger partial charge is 0.255 e. The Morgan fingerprint density at radius 3 is 2.14 bits per heavy atom. The van der Waals surface area contributed by atoms with E-state index < -0.39 is 57.4 Å². The predicted molar refractivity (Wildman–Crippen MR) is 120 cm³/mol. The lowest BCUT2D eigenvalue weighted by Gasteiger charge is -2.24. The van der Waals surface area contributed by atoms with Crippen LogP contribution in [0.5, 0.6) is 0 Å². The number of alkyl halides is 5. The summed E-state index contributed by atoms with van der Waals surface area (Å²) in [7, 11) is -3.48. The molecule has 0 N–H and O–H groups in total. The summed E-state index contributed by atoms with van der Waals surface area (Å²) in [5, 5.41) is 4.10. The first-order valence-corrected chi connectivity index (χ1v) is 12.2. The minimum absolute atomic E-state index is 0.0743. The molecule has 0 fully saturated rings. The summed E-state index contributed by atoms with van der Waals surface area (Å²) < 4.78 is 119. The average Bonchev–Trinajstić information content (AvgIpc) is 3.24. The summed E-state index contributed by atoms with van der Waals surface area (Å²) in [4.78, 5) is 0.0743. The third-order valence-corrected chi connectivity index (χ3v) is 6.79. The van der Waals surface area contributed by atoms with Crippen molar-refractivity contribution in [3.63, 3.8) is 0 Å². The number of nitrogens with zero attached hydrogens (tertiary/aromatic N) is 2. The van der Waals surface area contributed by atoms with Gasteiger partial charge in [0.2, 0.25) is 0 Å². The molecule has 4 nitrogen and oxygen atoms in total. The number of hydrogen-bond donors (Lipinski definition) is 0. The summed E-state index contributed by atoms with van der Waals surface area (Å²) in [5.41, 5.74) is -0.673. The van der Waals surface area contributed by atoms with Crippen molar-refractivity contribution in [2.75, 3.05) is 11.3 Å². The Balaban J connectivity index is 1.73. The van der Waals surface area contributed by atoms with Crippen LogP contribution in [0.1, 0.15) is 18.0 Å². The maximum absolute atomic E-state index is 14.5. The van der Waals surface area contributed by atoms with Crippen LogP contribution in [0, 0.1) is 11.6 Å². The maximum Gasteiger partial charge on any atom is 0.459 e. The van der Waals surface area contributed by atoms with E-state index in [2.05, 4.69) is 5.10 Å². The molecule has 0 spiro atoms. The van der Waals surface area contributed by atoms with Crippen LogP contribution in [0.3, 0.4) is 0 Å². The van der Waals surface area contributed by atoms with Gasteiger partial charge in [0.05, 0.1) is 16.6 Å². The molecule has 1 unspecified atom stereocenters. The molecule has 0 radical (unpaired) electrons. The zero-order chi connectivity index (χ0) is 26.5. The van der Waals surface area contributed by atoms with Gasteiger partial charge in [-0.25, -0.2) is 17.2 Å². The van der Waals surface area contributed by atoms with Crippen LogP contribution in [0.4, 0.5) is 36.4 Å². The van der Waals surface area contributed by atoms with Gasteiger partial charge in [-0.15, -0.1) is 0 Å². The summed E-state index contributed by atoms with van der Waals surface area (Å²) in [5.74, 6) is -7.41. The largest absolute Gasteiger partial charge is 0.459 e. The molecule has 1 aliphatic heterocycles. The fourth-order valence-electron chi connectivity index (χ4n) is 3.82. The topological polar surface area (TPSA) is 49.7 Å². The van der Waals surface area contributed by atoms with Crippen molar-refractivity contribution < 1.29 is 39.2 Å². The van der Waals surface area contributed by atoms with Crippen LogP contribution in [0.2, 0.25) is 0 Å². The number of sulfone groups is 1. The molecule has 0 saturated carbocycles. The zero-order valence-electron chi connectivity index (χ0n) is 18.4. The lowest BCUT2D eigenvalue weighted by atomic mass is 9.96. The molecule has 1 atom stereocenters. The third kappa shape index (κ3) is 4.81. The van der Waals surface area contributed by atoms with Gasteiger partial charge in [-0.2, -0.15) is 27.1 Å². The molecule has 0 aliphatic carbocycles. The zero-order valence-corrected chi connectivity index (χ0v) is 19.2. The molecule has 1 aliphatic rings. The second kappa shape index (κ2) is 8.91. The van der Waals surface area contributed by atoms with Crippen molar-refractivity contribution in [2.24, 2.45) is 5.10 Å². The van der Waals surface area contributed by atoms with E-state index in [0.717, 1.165) is 18.4 Å². The van der Waals surface area contributed by atoms with Crippen LogP contribution in [0.15, 0.2) is 76.7 Å². The first kappa shape index (κ1) is 25.7. The summed E-state index contributed by atoms with van der Waals surface area (Å²) in [6.45, 7) is 0. The minimum Gasteiger partial charge on any atom is -0.255 e. The Morgan fingerprint density at radius 2 is 1.56 bits per heavy atom. The van der Waals surface area contributed by atoms with E-state index in [1.807, 2.05) is 0 Å². The fraction of sp³-hybridized carbons (Fsp3) is 0.208. The number of rotatable bonds is 5. The quantitative estimate of drug-likeness (QED) is 0.352. The monoisotopic (exact) mass is 530 g/mol. The van der Waals surface area contributed by atoms with Crippen LogP contribution in [-0.4, -0.2) is 32.5 Å². The third-order valence-electron chi connectivity index (χ3n) is 5.68. The molecule has 0 bridgehead atoms. The van der Waals surface area contributed by atoms with E-state index in [0.29, 0.717) is 22.2 Å². The van der Waals surface area contributed by atoms with Gasteiger partial charge in [-0.3, -0.25) is 5.01 Å². The lowest BCUT2D eigenvalue weighted by molar-refractivity contribution is -0.249. The highest BCUT2D eigenvalue weighted by molar-refractivity contribution is 7.90. The van der Waals surface area contributed by atoms with Crippen LogP contribution >= 0.6 is 0 Å². The van der Waals surface area contributed by atoms with Gasteiger partial charge in [0.25, 0.3) is 0 Å². The molecule has 0 amide bonds. The van der Waals surface area contributed by atoms with Crippen molar-refractivity contribution in [3.05, 3.63) is 83.9 Å². The van der Waals surface area contributed by atoms with E-state index in [1.54, 1.807) is 6.07 Å². The Hall–Kier alpha value is -3.41. The molecule has 190 valence electrons. The van der Waals surface area contributed by atoms with Gasteiger partial charge in [-0.1, -0.05) is 36.4 Å². The molecular formula is C24H17F7N2O2S. The Bertz CT molecular complexity index is 1440. The van der Waals surface area contributed by atoms with E-state index in [-0.39, 0.29) is 10.5 Å². The average molecular weight is 530 g/mol. The van der Waals surface area contributed by atoms with Crippen molar-refractivity contribution in [2.45, 2.75) is 29.5 Å². The van der Waals surface area contributed by atoms with Crippen LogP contribution in [-0.2, 0) is 9.84 Å². The Morgan fingerprint density at radius 1 is 0.889 bits per heavy atom. The molecule has 1 heterocycles. The summed E-state index contributed by atoms with van der Waals surface area (Å²) in [6, 6.07) is 12.9. The highest BCUT2D eigenvalue weighted by Gasteiger charge is 2.62. The molecule has 0 aromatic heterocycles. The standard InChI is InChI=1S/C24H17F7N2O2S/c1-36(34,35)18-4-2-3-16(11-18)14-5-7-15(8-6-14)21-13-22(23(27,28)24(29,30)31)32-33(21)20-10-9-17(25)12-19(20)26/h2-12,21H,13H2,1H3. The Labute approximate surface area is 201 Å². The molecule has 3 aromatic carbocycles. The first-order chi connectivity index (χ1) is 16.7. The van der Waals surface area contributed by atoms with Crippen LogP contribution < -0.4 is 5.01 Å². The highest BCUT2D eigenvalue weighted by Crippen LogP contribution is 2.45. The SMILES string of the molecule is CS(=O)(=O)c1cccc(-c2ccc(C3CC(C(F)(F)C(F)(F)F)=NN3c3ccc(F)cc3F)cc2)c1. The highest BCUT2D eigenvalue weighted by atomic mass is 32.2. The van der Waals surface area contributed by atoms with E-state index in [4.69, 9.17) is 0 Å². The van der Waals surface area contributed by atoms with E-state index in [9.17, 15) is 39.2 Å². The molecule has 36 heavy (non-hydrogen) atoms. The molecular weight excluding hydrogens is 513 g/mol. The minimum atomic E-state index is -5.91. The number of hydrogen-bond acceptors (Lipinski definition) is 4. The van der Waals surface area contributed by atoms with Gasteiger partial charge in [0, 0.05) is 18.7 Å². The molecule has 12 heteroatoms. The molecule has 4 rings (SSSR count). The van der Waals surface area contributed by atoms with E-state index in [1.165, 1.54) is 42.5 Å². The van der Waals surface area contributed by atoms with Gasteiger partial charge in [0.1, 0.15) is 11.5 Å². The van der Waals surface area contributed by atoms with Crippen molar-refractivity contribution in [3.8, 4) is 11.1 Å². The number of benzene rings is 3. The normalized spacial score (nSPS) is 16.8. The second-order valence-electron chi connectivity index (χ2n) is 8.20. The second-order valence-corrected chi connectivity index (χ2v) is 10.2. The van der Waals surface area contributed by atoms with Gasteiger partial charge < -0.3 is 0 Å². The number of hydrazone groups is 1. The van der Waals surface area contributed by atoms with E-state index >= 15 is 0 Å². The van der Waals surface area contributed by atoms with Gasteiger partial charge >= 0.3 is 12.1 Å². The number of anilines is 1.